The van der Waals surface area contributed by atoms with Gasteiger partial charge in [0.2, 0.25) is 24.1 Å². The number of nitrogen functional groups attached to an aromatic ring is 2. The Kier molecular flexibility index (Phi) is 12.7. The number of ether oxygens (including phenoxy) is 3. The molecule has 36 heteroatoms. The molecule has 3 saturated heterocycles. The summed E-state index contributed by atoms with van der Waals surface area (Å²) >= 11 is 0. The highest BCUT2D eigenvalue weighted by Crippen LogP contribution is 2.50. The molecule has 0 spiro atoms. The number of nitrogens with two attached hydrogens (primary N) is 3. The predicted molar refractivity (Wildman–Crippen MR) is 211 cm³/mol. The third-order valence-corrected chi connectivity index (χ3v) is 13.1. The first kappa shape index (κ1) is 46.4. The van der Waals surface area contributed by atoms with Crippen molar-refractivity contribution in [2.24, 2.45) is 10.7 Å². The Bertz CT molecular complexity index is 2740. The standard InChI is InChI=1S/C30H38N15O18P3/c31-22-13-25(37-4-34-22)43(7-40-13)28-19(49)16(46)10(59-28)1-56-64(50)62-20-17(47)12(60-29(20)44-8-41-14-23(32)35-5-38-26(14)44)3-58-66(54,55)63-21-18(48)11(2-57-65(51,52)53)61-30(21)45-9-42-15-24(33)36-6-39-27(15)45/h4-12,16-21,23,28-30,46-49H,1-3,32H2,(H7-,31,33,34,35,36,37,38,39,51,52,53,54,55)/p+3/t10-,11-,12-,16-,17-,18-,19-,20-,21-,23?,28-,29-,30-/m1/s1. The monoisotopic (exact) mass is 992 g/mol. The molecule has 356 valence electrons. The van der Waals surface area contributed by atoms with E-state index in [2.05, 4.69) is 49.7 Å². The van der Waals surface area contributed by atoms with Crippen LogP contribution in [-0.2, 0) is 50.5 Å². The van der Waals surface area contributed by atoms with Gasteiger partial charge in [0.05, 0.1) is 19.5 Å². The molecule has 3 fully saturated rings. The zero-order chi connectivity index (χ0) is 46.8. The number of imidazole rings is 3. The highest BCUT2D eigenvalue weighted by molar-refractivity contribution is 7.47. The summed E-state index contributed by atoms with van der Waals surface area (Å²) in [6.45, 7) is -2.43. The van der Waals surface area contributed by atoms with Crippen molar-refractivity contribution in [2.75, 3.05) is 36.6 Å². The molecule has 0 aliphatic carbocycles. The molecule has 5 aromatic rings. The Hall–Kier alpha value is -4.70. The van der Waals surface area contributed by atoms with Gasteiger partial charge in [-0.2, -0.15) is 4.98 Å². The van der Waals surface area contributed by atoms with Gasteiger partial charge in [0.25, 0.3) is 5.82 Å². The summed E-state index contributed by atoms with van der Waals surface area (Å²) in [6.07, 6.45) is -12.2. The maximum absolute atomic E-state index is 13.6. The first-order chi connectivity index (χ1) is 31.4. The number of aliphatic imine (C=N–C) groups is 1. The number of rotatable bonds is 16. The van der Waals surface area contributed by atoms with Crippen LogP contribution < -0.4 is 31.7 Å². The fraction of sp³-hybridized carbons (Fsp3) is 0.533. The molecule has 3 unspecified atom stereocenters. The Morgan fingerprint density at radius 2 is 1.47 bits per heavy atom. The number of phosphoric acid groups is 2. The molecule has 0 aromatic carbocycles. The van der Waals surface area contributed by atoms with Gasteiger partial charge in [-0.3, -0.25) is 33.4 Å². The minimum absolute atomic E-state index is 0.00199. The fourth-order valence-electron chi connectivity index (χ4n) is 7.68. The third-order valence-electron chi connectivity index (χ3n) is 10.8. The van der Waals surface area contributed by atoms with Gasteiger partial charge in [0, 0.05) is 4.57 Å². The topological polar surface area (TPSA) is 478 Å². The van der Waals surface area contributed by atoms with Crippen LogP contribution in [0.25, 0.3) is 22.3 Å². The smallest absolute Gasteiger partial charge is 0.387 e. The van der Waals surface area contributed by atoms with Gasteiger partial charge in [0.15, 0.2) is 60.5 Å². The van der Waals surface area contributed by atoms with Gasteiger partial charge in [-0.15, -0.1) is 9.05 Å². The predicted octanol–water partition coefficient (Wildman–Crippen LogP) is -4.22. The number of nitrogens with one attached hydrogen (secondary N) is 3. The first-order valence-corrected chi connectivity index (χ1v) is 23.4. The van der Waals surface area contributed by atoms with E-state index in [0.717, 1.165) is 6.33 Å². The summed E-state index contributed by atoms with van der Waals surface area (Å²) in [7, 11) is -13.6. The molecule has 0 radical (unpaired) electrons. The average Bonchev–Trinajstić information content (AvgIpc) is 4.13. The average molecular weight is 993 g/mol. The second kappa shape index (κ2) is 18.1. The van der Waals surface area contributed by atoms with E-state index in [-0.39, 0.29) is 39.8 Å². The minimum Gasteiger partial charge on any atom is -0.387 e. The zero-order valence-corrected chi connectivity index (χ0v) is 36.0. The molecule has 9 rings (SSSR count). The highest BCUT2D eigenvalue weighted by Gasteiger charge is 2.56. The Balaban J connectivity index is 0.898. The molecule has 0 saturated carbocycles. The number of aliphatic hydroxyl groups excluding tert-OH is 4. The largest absolute Gasteiger partial charge is 0.698 e. The SMILES string of the molecule is Nc1ncnc2c1ncn2[C@@H]1O[C@H](CO[P+](=O)O[C@@H]2[C@H](O)[C@@H](COP(=O)(O)O[C@@H]3[C@H](O)[C@@H](COP(=O)(O)O)O[C@H]3[n+]3c[nH]c4c(N)ncnc43)O[C@H]2[n+]2c[nH]c3c2NC=NC3N)[C@@H](O)[C@H]1O. The summed E-state index contributed by atoms with van der Waals surface area (Å²) in [4.78, 5) is 59.5. The third kappa shape index (κ3) is 8.92. The van der Waals surface area contributed by atoms with E-state index in [1.165, 1.54) is 45.3 Å². The van der Waals surface area contributed by atoms with Crippen LogP contribution in [0.1, 0.15) is 30.5 Å². The van der Waals surface area contributed by atoms with Crippen molar-refractivity contribution in [3.63, 3.8) is 0 Å². The molecule has 66 heavy (non-hydrogen) atoms. The molecule has 4 aliphatic rings. The number of aromatic nitrogens is 10. The van der Waals surface area contributed by atoms with E-state index in [4.69, 9.17) is 49.5 Å². The van der Waals surface area contributed by atoms with Gasteiger partial charge in [-0.1, -0.05) is 4.98 Å². The quantitative estimate of drug-likeness (QED) is 0.0329. The van der Waals surface area contributed by atoms with Crippen molar-refractivity contribution in [1.29, 1.82) is 0 Å². The number of phosphoric ester groups is 2. The molecular formula is C30H41N15O18P3+3. The summed E-state index contributed by atoms with van der Waals surface area (Å²) in [5.74, 6) is 0.344. The second-order valence-electron chi connectivity index (χ2n) is 14.9. The van der Waals surface area contributed by atoms with Crippen LogP contribution in [0.2, 0.25) is 0 Å². The highest BCUT2D eigenvalue weighted by atomic mass is 31.2. The fourth-order valence-corrected chi connectivity index (χ4v) is 9.71. The Morgan fingerprint density at radius 1 is 0.803 bits per heavy atom. The van der Waals surface area contributed by atoms with Crippen LogP contribution in [0.4, 0.5) is 17.5 Å². The summed E-state index contributed by atoms with van der Waals surface area (Å²) in [5.41, 5.74) is 18.9. The summed E-state index contributed by atoms with van der Waals surface area (Å²) in [6, 6.07) is 0. The number of fused-ring (bicyclic) bond motifs is 3. The summed E-state index contributed by atoms with van der Waals surface area (Å²) < 4.78 is 86.5. The van der Waals surface area contributed by atoms with Gasteiger partial charge in [-0.25, -0.2) is 38.2 Å². The van der Waals surface area contributed by atoms with Crippen molar-refractivity contribution in [3.8, 4) is 0 Å². The lowest BCUT2D eigenvalue weighted by molar-refractivity contribution is -0.752. The van der Waals surface area contributed by atoms with Crippen LogP contribution in [-0.4, -0.2) is 156 Å². The number of anilines is 3. The van der Waals surface area contributed by atoms with Gasteiger partial charge >= 0.3 is 29.5 Å². The Morgan fingerprint density at radius 3 is 2.23 bits per heavy atom. The van der Waals surface area contributed by atoms with Crippen LogP contribution in [0.3, 0.4) is 0 Å². The summed E-state index contributed by atoms with van der Waals surface area (Å²) in [5, 5.41) is 47.3. The van der Waals surface area contributed by atoms with Gasteiger partial charge in [0.1, 0.15) is 67.5 Å². The second-order valence-corrected chi connectivity index (χ2v) is 18.5. The van der Waals surface area contributed by atoms with E-state index < -0.39 is 124 Å². The first-order valence-electron chi connectivity index (χ1n) is 19.3. The molecule has 5 aromatic heterocycles. The number of hydrogen-bond donors (Lipinski definition) is 13. The van der Waals surface area contributed by atoms with Crippen molar-refractivity contribution in [3.05, 3.63) is 37.3 Å². The molecule has 33 nitrogen and oxygen atoms in total. The van der Waals surface area contributed by atoms with Gasteiger partial charge < -0.3 is 66.5 Å². The molecule has 15 atom stereocenters. The maximum Gasteiger partial charge on any atom is 0.698 e. The molecule has 4 aliphatic heterocycles. The van der Waals surface area contributed by atoms with Crippen molar-refractivity contribution < 1.29 is 94.8 Å². The minimum atomic E-state index is -5.34. The Labute approximate surface area is 368 Å². The molecule has 0 bridgehead atoms. The number of hydrogen-bond acceptors (Lipinski definition) is 25. The van der Waals surface area contributed by atoms with Crippen LogP contribution >= 0.6 is 23.9 Å². The van der Waals surface area contributed by atoms with Crippen LogP contribution in [0.5, 0.6) is 0 Å². The number of H-pyrrole nitrogens is 2. The van der Waals surface area contributed by atoms with Crippen molar-refractivity contribution in [2.45, 2.75) is 79.8 Å². The lowest BCUT2D eigenvalue weighted by Gasteiger charge is -2.23. The number of aliphatic hydroxyl groups is 4. The molecule has 0 amide bonds. The van der Waals surface area contributed by atoms with Crippen molar-refractivity contribution >= 4 is 70.0 Å². The van der Waals surface area contributed by atoms with E-state index in [1.54, 1.807) is 0 Å². The van der Waals surface area contributed by atoms with Gasteiger partial charge in [-0.05, 0) is 0 Å². The zero-order valence-electron chi connectivity index (χ0n) is 33.3. The lowest BCUT2D eigenvalue weighted by Crippen LogP contribution is -2.47. The van der Waals surface area contributed by atoms with Crippen molar-refractivity contribution in [1.82, 2.24) is 39.5 Å². The maximum atomic E-state index is 13.6. The van der Waals surface area contributed by atoms with E-state index in [0.29, 0.717) is 5.69 Å². The van der Waals surface area contributed by atoms with Crippen LogP contribution in [0.15, 0.2) is 36.6 Å². The molecular weight excluding hydrogens is 951 g/mol. The van der Waals surface area contributed by atoms with E-state index >= 15 is 0 Å². The number of aromatic amines is 2. The van der Waals surface area contributed by atoms with E-state index in [9.17, 15) is 48.8 Å². The normalized spacial score (nSPS) is 32.2. The molecule has 9 heterocycles. The lowest BCUT2D eigenvalue weighted by atomic mass is 10.1. The number of nitrogens with zero attached hydrogens (tertiary/aromatic N) is 9. The van der Waals surface area contributed by atoms with E-state index in [1.807, 2.05) is 0 Å². The molecule has 16 N–H and O–H groups in total. The van der Waals surface area contributed by atoms with Crippen LogP contribution in [0, 0.1) is 0 Å².